The van der Waals surface area contributed by atoms with Gasteiger partial charge in [-0.2, -0.15) is 23.1 Å². The molecule has 1 aliphatic heterocycles. The Morgan fingerprint density at radius 1 is 0.935 bits per heavy atom. The molecule has 11 nitrogen and oxygen atoms in total. The lowest BCUT2D eigenvalue weighted by atomic mass is 9.92. The SMILES string of the molecule is Cl.Cl.N[C@H]1CC[C@H](Nc2nc(NC3CCN(OC(=O)Nc4ccc(F)c(C(F)(F)F)c4)CC3)c3ncn(C4CCCC4)c3n2)CC1. The van der Waals surface area contributed by atoms with E-state index in [-0.39, 0.29) is 48.6 Å². The molecule has 5 N–H and O–H groups in total. The van der Waals surface area contributed by atoms with Gasteiger partial charge in [0.25, 0.3) is 0 Å². The maximum Gasteiger partial charge on any atom is 0.430 e. The quantitative estimate of drug-likeness (QED) is 0.201. The highest BCUT2D eigenvalue weighted by atomic mass is 35.5. The Balaban J connectivity index is 0.00000240. The van der Waals surface area contributed by atoms with Crippen LogP contribution in [-0.2, 0) is 11.0 Å². The van der Waals surface area contributed by atoms with E-state index in [1.807, 2.05) is 6.33 Å². The third kappa shape index (κ3) is 8.41. The van der Waals surface area contributed by atoms with Gasteiger partial charge in [-0.3, -0.25) is 5.32 Å². The van der Waals surface area contributed by atoms with Crippen LogP contribution in [0.1, 0.15) is 75.8 Å². The lowest BCUT2D eigenvalue weighted by Gasteiger charge is -2.31. The first-order valence-corrected chi connectivity index (χ1v) is 15.3. The van der Waals surface area contributed by atoms with Crippen LogP contribution in [0.2, 0.25) is 0 Å². The van der Waals surface area contributed by atoms with Crippen molar-refractivity contribution in [1.82, 2.24) is 24.6 Å². The van der Waals surface area contributed by atoms with Crippen LogP contribution in [-0.4, -0.2) is 61.9 Å². The Hall–Kier alpha value is -3.14. The Labute approximate surface area is 276 Å². The van der Waals surface area contributed by atoms with Crippen molar-refractivity contribution in [3.8, 4) is 0 Å². The molecule has 3 aliphatic rings. The van der Waals surface area contributed by atoms with Gasteiger partial charge in [0.15, 0.2) is 17.0 Å². The van der Waals surface area contributed by atoms with Crippen molar-refractivity contribution >= 4 is 59.5 Å². The number of nitrogens with two attached hydrogens (primary N) is 1. The first-order valence-electron chi connectivity index (χ1n) is 15.3. The Morgan fingerprint density at radius 2 is 1.61 bits per heavy atom. The molecule has 2 aromatic heterocycles. The molecule has 0 bridgehead atoms. The van der Waals surface area contributed by atoms with Gasteiger partial charge in [-0.15, -0.1) is 29.9 Å². The molecule has 1 saturated heterocycles. The average Bonchev–Trinajstić information content (AvgIpc) is 3.66. The molecular weight excluding hydrogens is 653 g/mol. The van der Waals surface area contributed by atoms with Gasteiger partial charge in [-0.1, -0.05) is 12.8 Å². The number of halogens is 6. The second-order valence-corrected chi connectivity index (χ2v) is 12.0. The van der Waals surface area contributed by atoms with Gasteiger partial charge in [-0.05, 0) is 69.6 Å². The number of rotatable bonds is 7. The Bertz CT molecular complexity index is 1470. The summed E-state index contributed by atoms with van der Waals surface area (Å²) in [4.78, 5) is 32.1. The highest BCUT2D eigenvalue weighted by Crippen LogP contribution is 2.35. The van der Waals surface area contributed by atoms with E-state index in [4.69, 9.17) is 25.5 Å². The molecule has 1 amide bonds. The van der Waals surface area contributed by atoms with Gasteiger partial charge >= 0.3 is 12.3 Å². The largest absolute Gasteiger partial charge is 0.430 e. The lowest BCUT2D eigenvalue weighted by Crippen LogP contribution is -2.41. The number of benzene rings is 1. The van der Waals surface area contributed by atoms with Crippen LogP contribution in [0.25, 0.3) is 11.2 Å². The third-order valence-corrected chi connectivity index (χ3v) is 8.77. The van der Waals surface area contributed by atoms with E-state index in [1.165, 1.54) is 17.9 Å². The summed E-state index contributed by atoms with van der Waals surface area (Å²) in [5.74, 6) is -0.207. The molecule has 0 unspecified atom stereocenters. The number of piperidine rings is 1. The van der Waals surface area contributed by atoms with E-state index in [0.717, 1.165) is 50.2 Å². The molecule has 0 spiro atoms. The number of hydrogen-bond acceptors (Lipinski definition) is 9. The lowest BCUT2D eigenvalue weighted by molar-refractivity contribution is -0.139. The highest BCUT2D eigenvalue weighted by Gasteiger charge is 2.34. The summed E-state index contributed by atoms with van der Waals surface area (Å²) in [5, 5.41) is 10.8. The molecule has 1 aromatic carbocycles. The second kappa shape index (κ2) is 15.2. The number of anilines is 3. The van der Waals surface area contributed by atoms with E-state index in [9.17, 15) is 22.4 Å². The van der Waals surface area contributed by atoms with Gasteiger partial charge in [0.2, 0.25) is 5.95 Å². The monoisotopic (exact) mass is 691 g/mol. The van der Waals surface area contributed by atoms with Crippen molar-refractivity contribution in [3.63, 3.8) is 0 Å². The molecule has 6 rings (SSSR count). The number of amides is 1. The van der Waals surface area contributed by atoms with E-state index in [0.29, 0.717) is 61.4 Å². The zero-order valence-corrected chi connectivity index (χ0v) is 26.7. The Morgan fingerprint density at radius 3 is 2.28 bits per heavy atom. The zero-order chi connectivity index (χ0) is 30.8. The number of imidazole rings is 1. The van der Waals surface area contributed by atoms with Crippen LogP contribution in [0.5, 0.6) is 0 Å². The van der Waals surface area contributed by atoms with Crippen molar-refractivity contribution in [1.29, 1.82) is 0 Å². The number of carbonyl (C=O) groups is 1. The average molecular weight is 693 g/mol. The Kier molecular flexibility index (Phi) is 11.8. The van der Waals surface area contributed by atoms with Crippen LogP contribution in [0.4, 0.5) is 39.8 Å². The summed E-state index contributed by atoms with van der Waals surface area (Å²) in [6.07, 6.45) is 5.65. The van der Waals surface area contributed by atoms with Crippen LogP contribution >= 0.6 is 24.8 Å². The number of aromatic nitrogens is 4. The van der Waals surface area contributed by atoms with E-state index < -0.39 is 23.7 Å². The molecule has 3 aromatic rings. The first-order chi connectivity index (χ1) is 21.1. The van der Waals surface area contributed by atoms with Gasteiger partial charge in [0.1, 0.15) is 5.82 Å². The smallest absolute Gasteiger partial charge is 0.365 e. The van der Waals surface area contributed by atoms with Crippen molar-refractivity contribution in [3.05, 3.63) is 35.9 Å². The fourth-order valence-electron chi connectivity index (χ4n) is 6.34. The molecule has 3 fully saturated rings. The molecule has 254 valence electrons. The zero-order valence-electron chi connectivity index (χ0n) is 25.1. The van der Waals surface area contributed by atoms with Crippen LogP contribution in [0.3, 0.4) is 0 Å². The molecule has 0 atom stereocenters. The molecular formula is C29H39Cl2F4N9O2. The van der Waals surface area contributed by atoms with E-state index >= 15 is 0 Å². The highest BCUT2D eigenvalue weighted by molar-refractivity contribution is 5.86. The number of hydroxylamine groups is 2. The number of hydrogen-bond donors (Lipinski definition) is 4. The molecule has 17 heteroatoms. The van der Waals surface area contributed by atoms with Crippen LogP contribution in [0.15, 0.2) is 24.5 Å². The van der Waals surface area contributed by atoms with Crippen molar-refractivity contribution < 1.29 is 27.2 Å². The number of nitrogens with zero attached hydrogens (tertiary/aromatic N) is 5. The minimum atomic E-state index is -4.88. The second-order valence-electron chi connectivity index (χ2n) is 12.0. The number of carbonyl (C=O) groups excluding carboxylic acids is 1. The summed E-state index contributed by atoms with van der Waals surface area (Å²) in [6, 6.07) is 3.11. The normalized spacial score (nSPS) is 21.3. The predicted octanol–water partition coefficient (Wildman–Crippen LogP) is 6.66. The maximum atomic E-state index is 13.6. The summed E-state index contributed by atoms with van der Waals surface area (Å²) in [6.45, 7) is 0.779. The van der Waals surface area contributed by atoms with Gasteiger partial charge in [0.05, 0.1) is 11.9 Å². The number of fused-ring (bicyclic) bond motifs is 1. The standard InChI is InChI=1S/C29H37F4N9O2.2ClH/c30-23-10-9-20(15-22(23)29(31,32)33)38-28(43)44-41-13-11-19(12-14-41)36-25-24-26(42(16-35-24)21-3-1-2-4-21)40-27(39-25)37-18-7-5-17(34)6-8-18;;/h9-10,15-19,21H,1-8,11-14,34H2,(H,38,43)(H2,36,37,39,40);2*1H/t17-,18-;;. The van der Waals surface area contributed by atoms with Gasteiger partial charge < -0.3 is 25.8 Å². The fraction of sp³-hybridized carbons (Fsp3) is 0.586. The fourth-order valence-corrected chi connectivity index (χ4v) is 6.34. The molecule has 3 heterocycles. The molecule has 2 saturated carbocycles. The summed E-state index contributed by atoms with van der Waals surface area (Å²) < 4.78 is 54.8. The number of alkyl halides is 3. The minimum Gasteiger partial charge on any atom is -0.365 e. The van der Waals surface area contributed by atoms with Gasteiger partial charge in [-0.25, -0.2) is 14.2 Å². The topological polar surface area (TPSA) is 135 Å². The molecule has 2 aliphatic carbocycles. The minimum absolute atomic E-state index is 0. The molecule has 46 heavy (non-hydrogen) atoms. The van der Waals surface area contributed by atoms with Crippen molar-refractivity contribution in [2.75, 3.05) is 29.0 Å². The van der Waals surface area contributed by atoms with Crippen molar-refractivity contribution in [2.24, 2.45) is 5.73 Å². The summed E-state index contributed by atoms with van der Waals surface area (Å²) in [5.41, 5.74) is 5.93. The molecule has 0 radical (unpaired) electrons. The number of nitrogens with one attached hydrogen (secondary N) is 3. The van der Waals surface area contributed by atoms with Crippen LogP contribution < -0.4 is 21.7 Å². The van der Waals surface area contributed by atoms with Crippen molar-refractivity contribution in [2.45, 2.75) is 94.6 Å². The summed E-state index contributed by atoms with van der Waals surface area (Å²) >= 11 is 0. The summed E-state index contributed by atoms with van der Waals surface area (Å²) in [7, 11) is 0. The first kappa shape index (κ1) is 35.7. The predicted molar refractivity (Wildman–Crippen MR) is 171 cm³/mol. The van der Waals surface area contributed by atoms with E-state index in [1.54, 1.807) is 0 Å². The van der Waals surface area contributed by atoms with Crippen LogP contribution in [0, 0.1) is 5.82 Å². The van der Waals surface area contributed by atoms with E-state index in [2.05, 4.69) is 20.5 Å². The van der Waals surface area contributed by atoms with Gasteiger partial charge in [0, 0.05) is 42.9 Å². The third-order valence-electron chi connectivity index (χ3n) is 8.77. The maximum absolute atomic E-state index is 13.6.